The largest absolute Gasteiger partial charge is 0.435 e. The Balaban J connectivity index is 1.84. The molecule has 1 atom stereocenters. The smallest absolute Gasteiger partial charge is 0.374 e. The Hall–Kier alpha value is -2.26. The molecule has 0 spiro atoms. The van der Waals surface area contributed by atoms with Crippen LogP contribution in [0.25, 0.3) is 5.70 Å². The van der Waals surface area contributed by atoms with Crippen molar-refractivity contribution in [2.75, 3.05) is 6.61 Å². The molecule has 1 heterocycles. The van der Waals surface area contributed by atoms with E-state index in [1.54, 1.807) is 24.3 Å². The normalized spacial score (nSPS) is 18.5. The maximum absolute atomic E-state index is 14.1. The number of aliphatic imine (C=N–C) groups is 1. The first-order valence-corrected chi connectivity index (χ1v) is 10.4. The van der Waals surface area contributed by atoms with E-state index in [1.807, 2.05) is 6.92 Å². The molecule has 0 saturated carbocycles. The maximum Gasteiger partial charge on any atom is 0.435 e. The molecule has 2 aromatic carbocycles. The fourth-order valence-corrected chi connectivity index (χ4v) is 3.60. The Labute approximate surface area is 197 Å². The molecule has 3 rings (SSSR count). The number of oxime groups is 1. The number of rotatable bonds is 7. The lowest BCUT2D eigenvalue weighted by atomic mass is 9.86. The predicted octanol–water partition coefficient (Wildman–Crippen LogP) is 6.77. The number of benzene rings is 2. The highest BCUT2D eigenvalue weighted by Gasteiger charge is 2.62. The SMILES string of the molecule is C=C(N=CNOCC)c1ccc(C2=NOC(c3cc(Cl)c(Cl)c(Cl)c3)(C(F)(F)F)C2)cc1. The van der Waals surface area contributed by atoms with Crippen LogP contribution in [0.3, 0.4) is 0 Å². The van der Waals surface area contributed by atoms with E-state index in [2.05, 4.69) is 22.2 Å². The third-order valence-corrected chi connectivity index (χ3v) is 5.89. The zero-order chi connectivity index (χ0) is 23.5. The second kappa shape index (κ2) is 9.70. The summed E-state index contributed by atoms with van der Waals surface area (Å²) in [5, 5.41) is 3.46. The molecule has 1 unspecified atom stereocenters. The maximum atomic E-state index is 14.1. The van der Waals surface area contributed by atoms with Crippen molar-refractivity contribution in [3.05, 3.63) is 74.7 Å². The van der Waals surface area contributed by atoms with Gasteiger partial charge in [0, 0.05) is 12.0 Å². The Kier molecular flexibility index (Phi) is 7.39. The minimum Gasteiger partial charge on any atom is -0.374 e. The zero-order valence-corrected chi connectivity index (χ0v) is 18.9. The molecule has 170 valence electrons. The highest BCUT2D eigenvalue weighted by molar-refractivity contribution is 6.48. The number of alkyl halides is 3. The Morgan fingerprint density at radius 1 is 1.25 bits per heavy atom. The molecule has 0 radical (unpaired) electrons. The Bertz CT molecular complexity index is 1050. The van der Waals surface area contributed by atoms with E-state index in [1.165, 1.54) is 6.34 Å². The van der Waals surface area contributed by atoms with Crippen LogP contribution in [0.5, 0.6) is 0 Å². The van der Waals surface area contributed by atoms with Crippen molar-refractivity contribution in [3.63, 3.8) is 0 Å². The van der Waals surface area contributed by atoms with Gasteiger partial charge in [-0.25, -0.2) is 4.99 Å². The number of hydrogen-bond donors (Lipinski definition) is 1. The Morgan fingerprint density at radius 3 is 2.44 bits per heavy atom. The van der Waals surface area contributed by atoms with Gasteiger partial charge in [0.15, 0.2) is 0 Å². The van der Waals surface area contributed by atoms with Gasteiger partial charge < -0.3 is 4.84 Å². The van der Waals surface area contributed by atoms with E-state index >= 15 is 0 Å². The van der Waals surface area contributed by atoms with Crippen molar-refractivity contribution >= 4 is 52.6 Å². The second-order valence-electron chi connectivity index (χ2n) is 6.72. The zero-order valence-electron chi connectivity index (χ0n) is 16.6. The minimum absolute atomic E-state index is 0.0384. The third kappa shape index (κ3) is 4.88. The average Bonchev–Trinajstić information content (AvgIpc) is 3.22. The molecule has 0 amide bonds. The lowest BCUT2D eigenvalue weighted by Crippen LogP contribution is -2.42. The van der Waals surface area contributed by atoms with Crippen molar-refractivity contribution in [2.24, 2.45) is 10.1 Å². The molecule has 1 aliphatic rings. The molecule has 1 N–H and O–H groups in total. The summed E-state index contributed by atoms with van der Waals surface area (Å²) in [5.41, 5.74) is 1.16. The minimum atomic E-state index is -4.80. The van der Waals surface area contributed by atoms with E-state index in [-0.39, 0.29) is 26.3 Å². The summed E-state index contributed by atoms with van der Waals surface area (Å²) in [6.07, 6.45) is -4.02. The first kappa shape index (κ1) is 24.4. The fraction of sp³-hybridized carbons (Fsp3) is 0.238. The molecule has 0 aliphatic carbocycles. The van der Waals surface area contributed by atoms with Gasteiger partial charge in [-0.2, -0.15) is 13.2 Å². The van der Waals surface area contributed by atoms with Crippen LogP contribution in [0.2, 0.25) is 15.1 Å². The molecule has 0 saturated heterocycles. The Morgan fingerprint density at radius 2 is 1.88 bits per heavy atom. The van der Waals surface area contributed by atoms with Crippen molar-refractivity contribution < 1.29 is 22.8 Å². The number of nitrogens with zero attached hydrogens (tertiary/aromatic N) is 2. The number of hydroxylamine groups is 1. The summed E-state index contributed by atoms with van der Waals surface area (Å²) in [6.45, 7) is 6.11. The summed E-state index contributed by atoms with van der Waals surface area (Å²) in [5.74, 6) is 0. The highest BCUT2D eigenvalue weighted by Crippen LogP contribution is 2.50. The van der Waals surface area contributed by atoms with Crippen LogP contribution < -0.4 is 5.48 Å². The van der Waals surface area contributed by atoms with Crippen LogP contribution in [0.15, 0.2) is 53.1 Å². The van der Waals surface area contributed by atoms with Crippen LogP contribution in [-0.4, -0.2) is 24.8 Å². The molecule has 0 aromatic heterocycles. The van der Waals surface area contributed by atoms with Gasteiger partial charge in [0.25, 0.3) is 5.60 Å². The van der Waals surface area contributed by atoms with Crippen molar-refractivity contribution in [3.8, 4) is 0 Å². The lowest BCUT2D eigenvalue weighted by molar-refractivity contribution is -0.275. The summed E-state index contributed by atoms with van der Waals surface area (Å²) in [6, 6.07) is 8.74. The lowest BCUT2D eigenvalue weighted by Gasteiger charge is -2.30. The molecule has 11 heteroatoms. The van der Waals surface area contributed by atoms with E-state index in [9.17, 15) is 13.2 Å². The van der Waals surface area contributed by atoms with E-state index in [0.29, 0.717) is 23.4 Å². The quantitative estimate of drug-likeness (QED) is 0.148. The van der Waals surface area contributed by atoms with Gasteiger partial charge in [-0.15, -0.1) is 0 Å². The second-order valence-corrected chi connectivity index (χ2v) is 7.91. The van der Waals surface area contributed by atoms with Crippen molar-refractivity contribution in [1.29, 1.82) is 0 Å². The van der Waals surface area contributed by atoms with Crippen LogP contribution in [0.4, 0.5) is 13.2 Å². The number of nitrogens with one attached hydrogen (secondary N) is 1. The van der Waals surface area contributed by atoms with Crippen LogP contribution in [0.1, 0.15) is 30.0 Å². The first-order chi connectivity index (χ1) is 15.1. The van der Waals surface area contributed by atoms with E-state index in [0.717, 1.165) is 12.1 Å². The number of halogens is 6. The summed E-state index contributed by atoms with van der Waals surface area (Å²) >= 11 is 17.8. The molecular formula is C21H17Cl3F3N3O2. The van der Waals surface area contributed by atoms with Gasteiger partial charge in [0.2, 0.25) is 0 Å². The van der Waals surface area contributed by atoms with E-state index < -0.39 is 18.2 Å². The number of hydrogen-bond acceptors (Lipinski definition) is 4. The predicted molar refractivity (Wildman–Crippen MR) is 120 cm³/mol. The van der Waals surface area contributed by atoms with Crippen molar-refractivity contribution in [1.82, 2.24) is 5.48 Å². The monoisotopic (exact) mass is 505 g/mol. The summed E-state index contributed by atoms with van der Waals surface area (Å²) in [7, 11) is 0. The molecule has 5 nitrogen and oxygen atoms in total. The van der Waals surface area contributed by atoms with Gasteiger partial charge in [-0.05, 0) is 30.2 Å². The standard InChI is InChI=1S/C21H17Cl3F3N3O2/c1-3-31-29-11-28-12(2)13-4-6-14(7-5-13)18-10-20(32-30-18,21(25,26)27)15-8-16(22)19(24)17(23)9-15/h4-9,11H,2-3,10H2,1H3,(H,28,29). The van der Waals surface area contributed by atoms with Gasteiger partial charge >= 0.3 is 6.18 Å². The van der Waals surface area contributed by atoms with Gasteiger partial charge in [-0.3, -0.25) is 10.3 Å². The van der Waals surface area contributed by atoms with E-state index in [4.69, 9.17) is 44.5 Å². The topological polar surface area (TPSA) is 55.2 Å². The summed E-state index contributed by atoms with van der Waals surface area (Å²) in [4.78, 5) is 14.0. The fourth-order valence-electron chi connectivity index (χ4n) is 3.00. The molecule has 2 aromatic rings. The highest BCUT2D eigenvalue weighted by atomic mass is 35.5. The molecule has 1 aliphatic heterocycles. The average molecular weight is 507 g/mol. The molecule has 0 bridgehead atoms. The third-order valence-electron chi connectivity index (χ3n) is 4.69. The summed E-state index contributed by atoms with van der Waals surface area (Å²) < 4.78 is 42.4. The van der Waals surface area contributed by atoms with Gasteiger partial charge in [0.1, 0.15) is 6.34 Å². The molecule has 32 heavy (non-hydrogen) atoms. The van der Waals surface area contributed by atoms with Crippen LogP contribution in [-0.2, 0) is 15.3 Å². The first-order valence-electron chi connectivity index (χ1n) is 9.25. The van der Waals surface area contributed by atoms with Crippen LogP contribution in [0, 0.1) is 0 Å². The van der Waals surface area contributed by atoms with Crippen LogP contribution >= 0.6 is 34.8 Å². The molecule has 0 fully saturated rings. The van der Waals surface area contributed by atoms with Gasteiger partial charge in [0.05, 0.1) is 33.1 Å². The van der Waals surface area contributed by atoms with Gasteiger partial charge in [-0.1, -0.05) is 70.8 Å². The van der Waals surface area contributed by atoms with Crippen molar-refractivity contribution in [2.45, 2.75) is 25.1 Å². The molecular weight excluding hydrogens is 490 g/mol.